The number of hydrogen-bond donors (Lipinski definition) is 1. The van der Waals surface area contributed by atoms with E-state index in [1.54, 1.807) is 49.8 Å². The molecule has 6 rings (SSSR count). The Labute approximate surface area is 264 Å². The molecule has 0 aliphatic rings. The molecule has 8 heteroatoms. The first-order valence-corrected chi connectivity index (χ1v) is 15.0. The lowest BCUT2D eigenvalue weighted by Crippen LogP contribution is -2.00. The number of nitrogens with zero attached hydrogens (tertiary/aromatic N) is 1. The zero-order valence-electron chi connectivity index (χ0n) is 24.4. The number of ether oxygens (including phenoxy) is 4. The smallest absolute Gasteiger partial charge is 0.336 e. The van der Waals surface area contributed by atoms with Gasteiger partial charge in [-0.1, -0.05) is 60.7 Å². The summed E-state index contributed by atoms with van der Waals surface area (Å²) in [6.45, 7) is 0.692. The quantitative estimate of drug-likeness (QED) is 0.138. The molecule has 2 heterocycles. The number of thiophene rings is 1. The summed E-state index contributed by atoms with van der Waals surface area (Å²) in [6, 6.07) is 34.2. The minimum Gasteiger partial charge on any atom is -0.497 e. The van der Waals surface area contributed by atoms with E-state index < -0.39 is 5.97 Å². The minimum atomic E-state index is -1.06. The first kappa shape index (κ1) is 29.5. The molecular weight excluding hydrogens is 586 g/mol. The maximum Gasteiger partial charge on any atom is 0.336 e. The minimum absolute atomic E-state index is 0.115. The van der Waals surface area contributed by atoms with Crippen LogP contribution in [0.25, 0.3) is 21.7 Å². The molecule has 0 saturated carbocycles. The lowest BCUT2D eigenvalue weighted by Gasteiger charge is -2.14. The van der Waals surface area contributed by atoms with E-state index in [1.165, 1.54) is 11.3 Å². The van der Waals surface area contributed by atoms with Crippen molar-refractivity contribution in [1.82, 2.24) is 4.98 Å². The SMILES string of the molecule is COc1ccc(Oc2c(C=C(C(=O)O)c3ccncc3)sc3cc(OCc4ccccc4)c(OCc4ccccc4)cc23)cc1. The van der Waals surface area contributed by atoms with Crippen molar-refractivity contribution >= 4 is 39.0 Å². The Balaban J connectivity index is 1.47. The molecule has 0 aliphatic carbocycles. The van der Waals surface area contributed by atoms with Crippen LogP contribution in [-0.2, 0) is 18.0 Å². The van der Waals surface area contributed by atoms with Gasteiger partial charge in [0.25, 0.3) is 0 Å². The van der Waals surface area contributed by atoms with Crippen molar-refractivity contribution in [2.75, 3.05) is 7.11 Å². The molecule has 0 atom stereocenters. The second kappa shape index (κ2) is 13.8. The van der Waals surface area contributed by atoms with E-state index in [1.807, 2.05) is 84.9 Å². The average Bonchev–Trinajstić information content (AvgIpc) is 3.41. The third kappa shape index (κ3) is 7.14. The standard InChI is InChI=1S/C37H29NO6S/c1-41-28-12-14-29(15-13-28)44-36-31-20-32(42-23-25-8-4-2-5-9-25)33(43-24-26-10-6-3-7-11-26)22-34(31)45-35(36)21-30(37(39)40)27-16-18-38-19-17-27/h2-22H,23-24H2,1H3,(H,39,40). The number of fused-ring (bicyclic) bond motifs is 1. The first-order chi connectivity index (χ1) is 22.1. The zero-order valence-corrected chi connectivity index (χ0v) is 25.2. The van der Waals surface area contributed by atoms with Crippen LogP contribution < -0.4 is 18.9 Å². The van der Waals surface area contributed by atoms with Crippen molar-refractivity contribution in [3.05, 3.63) is 143 Å². The molecule has 4 aromatic carbocycles. The van der Waals surface area contributed by atoms with Crippen LogP contribution in [0.1, 0.15) is 21.6 Å². The number of benzene rings is 4. The third-order valence-electron chi connectivity index (χ3n) is 6.99. The number of carboxylic acids is 1. The van der Waals surface area contributed by atoms with Gasteiger partial charge in [0, 0.05) is 28.5 Å². The van der Waals surface area contributed by atoms with Crippen LogP contribution in [0.15, 0.2) is 122 Å². The van der Waals surface area contributed by atoms with Crippen LogP contribution in [0.2, 0.25) is 0 Å². The van der Waals surface area contributed by atoms with Crippen LogP contribution >= 0.6 is 11.3 Å². The maximum absolute atomic E-state index is 12.4. The van der Waals surface area contributed by atoms with Gasteiger partial charge in [-0.05, 0) is 65.2 Å². The van der Waals surface area contributed by atoms with E-state index in [0.29, 0.717) is 52.4 Å². The second-order valence-electron chi connectivity index (χ2n) is 10.0. The fraction of sp³-hybridized carbons (Fsp3) is 0.0811. The summed E-state index contributed by atoms with van der Waals surface area (Å²) in [5, 5.41) is 10.9. The van der Waals surface area contributed by atoms with Crippen LogP contribution in [-0.4, -0.2) is 23.2 Å². The van der Waals surface area contributed by atoms with Gasteiger partial charge in [-0.2, -0.15) is 0 Å². The fourth-order valence-corrected chi connectivity index (χ4v) is 5.78. The first-order valence-electron chi connectivity index (χ1n) is 14.2. The Morgan fingerprint density at radius 2 is 1.36 bits per heavy atom. The molecule has 7 nitrogen and oxygen atoms in total. The van der Waals surface area contributed by atoms with Crippen molar-refractivity contribution in [3.8, 4) is 28.7 Å². The highest BCUT2D eigenvalue weighted by Crippen LogP contribution is 2.47. The normalized spacial score (nSPS) is 11.3. The lowest BCUT2D eigenvalue weighted by atomic mass is 10.1. The van der Waals surface area contributed by atoms with Crippen molar-refractivity contribution < 1.29 is 28.8 Å². The zero-order chi connectivity index (χ0) is 31.0. The number of aliphatic carboxylic acids is 1. The molecule has 0 spiro atoms. The van der Waals surface area contributed by atoms with E-state index in [4.69, 9.17) is 18.9 Å². The van der Waals surface area contributed by atoms with E-state index in [9.17, 15) is 9.90 Å². The van der Waals surface area contributed by atoms with E-state index >= 15 is 0 Å². The number of rotatable bonds is 12. The van der Waals surface area contributed by atoms with E-state index in [0.717, 1.165) is 21.2 Å². The van der Waals surface area contributed by atoms with Crippen LogP contribution in [0.5, 0.6) is 28.7 Å². The van der Waals surface area contributed by atoms with Crippen molar-refractivity contribution in [2.45, 2.75) is 13.2 Å². The monoisotopic (exact) mass is 615 g/mol. The molecule has 45 heavy (non-hydrogen) atoms. The highest BCUT2D eigenvalue weighted by Gasteiger charge is 2.21. The Bertz CT molecular complexity index is 1920. The topological polar surface area (TPSA) is 87.1 Å². The molecule has 2 aromatic heterocycles. The van der Waals surface area contributed by atoms with Gasteiger partial charge < -0.3 is 24.1 Å². The van der Waals surface area contributed by atoms with Crippen LogP contribution in [0.4, 0.5) is 0 Å². The molecule has 0 bridgehead atoms. The van der Waals surface area contributed by atoms with Gasteiger partial charge >= 0.3 is 5.97 Å². The average molecular weight is 616 g/mol. The Morgan fingerprint density at radius 3 is 1.93 bits per heavy atom. The van der Waals surface area contributed by atoms with Gasteiger partial charge in [-0.25, -0.2) is 4.79 Å². The summed E-state index contributed by atoms with van der Waals surface area (Å²) in [4.78, 5) is 17.1. The maximum atomic E-state index is 12.4. The highest BCUT2D eigenvalue weighted by molar-refractivity contribution is 7.20. The van der Waals surface area contributed by atoms with Crippen molar-refractivity contribution in [2.24, 2.45) is 0 Å². The summed E-state index contributed by atoms with van der Waals surface area (Å²) < 4.78 is 25.3. The molecule has 0 amide bonds. The van der Waals surface area contributed by atoms with Gasteiger partial charge in [0.1, 0.15) is 24.7 Å². The number of methoxy groups -OCH3 is 1. The predicted octanol–water partition coefficient (Wildman–Crippen LogP) is 8.88. The Morgan fingerprint density at radius 1 is 0.778 bits per heavy atom. The van der Waals surface area contributed by atoms with Gasteiger partial charge in [-0.3, -0.25) is 4.98 Å². The second-order valence-corrected chi connectivity index (χ2v) is 11.1. The van der Waals surface area contributed by atoms with Gasteiger partial charge in [-0.15, -0.1) is 11.3 Å². The molecule has 224 valence electrons. The third-order valence-corrected chi connectivity index (χ3v) is 8.07. The Kier molecular flexibility index (Phi) is 9.03. The highest BCUT2D eigenvalue weighted by atomic mass is 32.1. The molecule has 6 aromatic rings. The summed E-state index contributed by atoms with van der Waals surface area (Å²) in [7, 11) is 1.60. The molecule has 0 fully saturated rings. The fourth-order valence-electron chi connectivity index (χ4n) is 4.69. The van der Waals surface area contributed by atoms with Crippen LogP contribution in [0, 0.1) is 0 Å². The molecular formula is C37H29NO6S. The molecule has 1 N–H and O–H groups in total. The lowest BCUT2D eigenvalue weighted by molar-refractivity contribution is -0.130. The Hall–Kier alpha value is -5.60. The summed E-state index contributed by atoms with van der Waals surface area (Å²) in [6.07, 6.45) is 4.77. The predicted molar refractivity (Wildman–Crippen MR) is 176 cm³/mol. The summed E-state index contributed by atoms with van der Waals surface area (Å²) >= 11 is 1.41. The molecule has 0 saturated heterocycles. The van der Waals surface area contributed by atoms with E-state index in [2.05, 4.69) is 4.98 Å². The summed E-state index contributed by atoms with van der Waals surface area (Å²) in [5.41, 5.74) is 2.68. The molecule has 0 unspecified atom stereocenters. The number of hydrogen-bond acceptors (Lipinski definition) is 7. The van der Waals surface area contributed by atoms with Crippen molar-refractivity contribution in [3.63, 3.8) is 0 Å². The van der Waals surface area contributed by atoms with E-state index in [-0.39, 0.29) is 5.57 Å². The number of carbonyl (C=O) groups is 1. The van der Waals surface area contributed by atoms with Crippen LogP contribution in [0.3, 0.4) is 0 Å². The number of aromatic nitrogens is 1. The molecule has 0 radical (unpaired) electrons. The summed E-state index contributed by atoms with van der Waals surface area (Å²) in [5.74, 6) is 1.83. The largest absolute Gasteiger partial charge is 0.497 e. The number of carboxylic acid groups (broad SMARTS) is 1. The van der Waals surface area contributed by atoms with Gasteiger partial charge in [0.15, 0.2) is 17.2 Å². The molecule has 0 aliphatic heterocycles. The van der Waals surface area contributed by atoms with Gasteiger partial charge in [0.2, 0.25) is 0 Å². The number of pyridine rings is 1. The van der Waals surface area contributed by atoms with Crippen molar-refractivity contribution in [1.29, 1.82) is 0 Å². The van der Waals surface area contributed by atoms with Gasteiger partial charge in [0.05, 0.1) is 17.6 Å².